The monoisotopic (exact) mass is 528 g/mol. The van der Waals surface area contributed by atoms with Crippen LogP contribution in [0.2, 0.25) is 13.1 Å². The average molecular weight is 529 g/mol. The Kier molecular flexibility index (Phi) is 25.5. The maximum Gasteiger partial charge on any atom is -0.109 e. The predicted octanol–water partition coefficient (Wildman–Crippen LogP) is 4.55. The Labute approximate surface area is 136 Å². The van der Waals surface area contributed by atoms with Gasteiger partial charge >= 0.3 is 41.6 Å². The van der Waals surface area contributed by atoms with Crippen LogP contribution < -0.4 is 0 Å². The molecule has 0 saturated carbocycles. The second kappa shape index (κ2) is 18.4. The molecule has 0 saturated heterocycles. The summed E-state index contributed by atoms with van der Waals surface area (Å²) in [5.41, 5.74) is 0.259. The molecule has 0 atom stereocenters. The second-order valence-corrected chi connectivity index (χ2v) is 15.8. The van der Waals surface area contributed by atoms with E-state index in [1.807, 2.05) is 24.3 Å². The Morgan fingerprint density at radius 2 is 1.25 bits per heavy atom. The van der Waals surface area contributed by atoms with Crippen LogP contribution in [0.1, 0.15) is 12.8 Å². The molecule has 0 aromatic rings. The molecule has 2 rings (SSSR count). The molecule has 0 spiro atoms. The van der Waals surface area contributed by atoms with Crippen molar-refractivity contribution in [3.8, 4) is 0 Å². The van der Waals surface area contributed by atoms with Crippen molar-refractivity contribution in [2.75, 3.05) is 0 Å². The number of halogens is 2. The number of rotatable bonds is 0. The SMILES string of the molecule is Br.Br.C[Si](C)=[Hf+2].[C-]1=CC=CC1.[C-]1=CC=CC1. The van der Waals surface area contributed by atoms with Crippen LogP contribution in [0.5, 0.6) is 0 Å². The van der Waals surface area contributed by atoms with Gasteiger partial charge in [0.2, 0.25) is 0 Å². The minimum atomic E-state index is 0. The Morgan fingerprint density at radius 1 is 0.938 bits per heavy atom. The summed E-state index contributed by atoms with van der Waals surface area (Å²) >= 11 is 1.45. The molecule has 0 aliphatic heterocycles. The van der Waals surface area contributed by atoms with Crippen molar-refractivity contribution < 1.29 is 23.0 Å². The molecule has 16 heavy (non-hydrogen) atoms. The van der Waals surface area contributed by atoms with Crippen LogP contribution in [-0.2, 0) is 23.0 Å². The fourth-order valence-electron chi connectivity index (χ4n) is 0.680. The summed E-state index contributed by atoms with van der Waals surface area (Å²) in [5, 5.41) is 0. The molecule has 0 aromatic carbocycles. The zero-order chi connectivity index (χ0) is 10.6. The van der Waals surface area contributed by atoms with Crippen molar-refractivity contribution in [1.82, 2.24) is 0 Å². The van der Waals surface area contributed by atoms with Crippen molar-refractivity contribution >= 4 is 39.5 Å². The molecular formula is C12H18Br2HfSi. The first-order chi connectivity index (χ1) is 6.73. The molecule has 0 unspecified atom stereocenters. The minimum Gasteiger partial charge on any atom is -0.273 e. The van der Waals surface area contributed by atoms with Crippen molar-refractivity contribution in [3.05, 3.63) is 48.6 Å². The number of hydrogen-bond acceptors (Lipinski definition) is 0. The normalized spacial score (nSPS) is 12.8. The van der Waals surface area contributed by atoms with Crippen LogP contribution >= 0.6 is 34.0 Å². The van der Waals surface area contributed by atoms with Gasteiger partial charge in [-0.1, -0.05) is 0 Å². The Hall–Kier alpha value is 1.01. The third-order valence-electron chi connectivity index (χ3n) is 1.17. The van der Waals surface area contributed by atoms with E-state index in [0.29, 0.717) is 0 Å². The van der Waals surface area contributed by atoms with E-state index in [2.05, 4.69) is 37.4 Å². The quantitative estimate of drug-likeness (QED) is 0.320. The number of allylic oxidation sites excluding steroid dienone is 8. The van der Waals surface area contributed by atoms with Gasteiger partial charge in [-0.15, -0.1) is 46.8 Å². The Bertz CT molecular complexity index is 222. The predicted molar refractivity (Wildman–Crippen MR) is 81.3 cm³/mol. The molecular weight excluding hydrogens is 511 g/mol. The van der Waals surface area contributed by atoms with Crippen molar-refractivity contribution in [3.63, 3.8) is 0 Å². The topological polar surface area (TPSA) is 0 Å². The van der Waals surface area contributed by atoms with E-state index in [4.69, 9.17) is 0 Å². The van der Waals surface area contributed by atoms with Gasteiger partial charge in [0.1, 0.15) is 0 Å². The van der Waals surface area contributed by atoms with Gasteiger partial charge in [0.15, 0.2) is 0 Å². The Balaban J connectivity index is -0.000000151. The third kappa shape index (κ3) is 24.3. The maximum absolute atomic E-state index is 2.99. The van der Waals surface area contributed by atoms with Crippen molar-refractivity contribution in [2.24, 2.45) is 0 Å². The zero-order valence-corrected chi connectivity index (χ0v) is 17.7. The number of hydrogen-bond donors (Lipinski definition) is 0. The summed E-state index contributed by atoms with van der Waals surface area (Å²) in [7, 11) is 0. The molecule has 0 aromatic heterocycles. The molecule has 0 radical (unpaired) electrons. The van der Waals surface area contributed by atoms with Crippen LogP contribution in [0, 0.1) is 12.2 Å². The van der Waals surface area contributed by atoms with Gasteiger partial charge in [-0.25, -0.2) is 24.3 Å². The summed E-state index contributed by atoms with van der Waals surface area (Å²) in [6.45, 7) is 4.66. The molecule has 0 N–H and O–H groups in total. The first-order valence-electron chi connectivity index (χ1n) is 4.68. The molecule has 4 heteroatoms. The van der Waals surface area contributed by atoms with Gasteiger partial charge in [-0.3, -0.25) is 12.2 Å². The van der Waals surface area contributed by atoms with Gasteiger partial charge in [0.25, 0.3) is 0 Å². The standard InChI is InChI=1S/2C5H5.C2H6Si.2BrH.Hf/c2*1-2-4-5-3-1;1-3-2;;;/h2*1-3H,4H2;1-2H3;2*1H;/q2*-1;;;;+2. The van der Waals surface area contributed by atoms with E-state index in [9.17, 15) is 0 Å². The molecule has 2 aliphatic carbocycles. The zero-order valence-electron chi connectivity index (χ0n) is 9.69. The van der Waals surface area contributed by atoms with Crippen molar-refractivity contribution in [2.45, 2.75) is 25.9 Å². The summed E-state index contributed by atoms with van der Waals surface area (Å²) < 4.78 is 0. The first kappa shape index (κ1) is 22.2. The van der Waals surface area contributed by atoms with Crippen LogP contribution in [0.4, 0.5) is 0 Å². The Morgan fingerprint density at radius 3 is 1.31 bits per heavy atom. The molecule has 0 amide bonds. The third-order valence-corrected chi connectivity index (χ3v) is 1.17. The van der Waals surface area contributed by atoms with Crippen LogP contribution in [0.25, 0.3) is 0 Å². The van der Waals surface area contributed by atoms with Gasteiger partial charge in [-0.05, 0) is 0 Å². The summed E-state index contributed by atoms with van der Waals surface area (Å²) in [4.78, 5) is 0. The van der Waals surface area contributed by atoms with Crippen LogP contribution in [-0.4, -0.2) is 5.49 Å². The second-order valence-electron chi connectivity index (χ2n) is 3.01. The summed E-state index contributed by atoms with van der Waals surface area (Å²) in [6, 6.07) is 0. The van der Waals surface area contributed by atoms with Gasteiger partial charge in [0.05, 0.1) is 0 Å². The van der Waals surface area contributed by atoms with E-state index in [1.165, 1.54) is 23.0 Å². The van der Waals surface area contributed by atoms with Gasteiger partial charge in [-0.2, -0.15) is 12.2 Å². The van der Waals surface area contributed by atoms with E-state index < -0.39 is 0 Å². The minimum absolute atomic E-state index is 0. The summed E-state index contributed by atoms with van der Waals surface area (Å²) in [6.07, 6.45) is 20.0. The molecule has 0 heterocycles. The fourth-order valence-corrected chi connectivity index (χ4v) is 0.680. The van der Waals surface area contributed by atoms with E-state index >= 15 is 0 Å². The first-order valence-corrected chi connectivity index (χ1v) is 12.6. The average Bonchev–Trinajstić information content (AvgIpc) is 2.83. The fraction of sp³-hybridized carbons (Fsp3) is 0.333. The molecule has 88 valence electrons. The van der Waals surface area contributed by atoms with E-state index in [1.54, 1.807) is 0 Å². The summed E-state index contributed by atoms with van der Waals surface area (Å²) in [5.74, 6) is 0. The van der Waals surface area contributed by atoms with E-state index in [0.717, 1.165) is 12.8 Å². The van der Waals surface area contributed by atoms with Gasteiger partial charge < -0.3 is 0 Å². The van der Waals surface area contributed by atoms with Crippen molar-refractivity contribution in [1.29, 1.82) is 0 Å². The largest absolute Gasteiger partial charge is 0.273 e. The maximum atomic E-state index is 2.99. The molecule has 0 fully saturated rings. The smallest absolute Gasteiger partial charge is 0.109 e. The van der Waals surface area contributed by atoms with Gasteiger partial charge in [0, 0.05) is 0 Å². The van der Waals surface area contributed by atoms with E-state index in [-0.39, 0.29) is 39.5 Å². The molecule has 2 aliphatic rings. The molecule has 0 bridgehead atoms. The molecule has 0 nitrogen and oxygen atoms in total. The van der Waals surface area contributed by atoms with Crippen LogP contribution in [0.15, 0.2) is 36.5 Å². The van der Waals surface area contributed by atoms with Crippen LogP contribution in [0.3, 0.4) is 0 Å².